The Morgan fingerprint density at radius 1 is 1.35 bits per heavy atom. The average Bonchev–Trinajstić information content (AvgIpc) is 2.81. The predicted octanol–water partition coefficient (Wildman–Crippen LogP) is 1.39. The number of aryl methyl sites for hydroxylation is 1. The fourth-order valence-corrected chi connectivity index (χ4v) is 4.62. The number of nitrogens with one attached hydrogen (secondary N) is 2. The molecule has 1 aromatic rings. The zero-order valence-electron chi connectivity index (χ0n) is 12.4. The number of nitrogens with zero attached hydrogens (tertiary/aromatic N) is 2. The summed E-state index contributed by atoms with van der Waals surface area (Å²) in [6, 6.07) is 0.116. The second-order valence-electron chi connectivity index (χ2n) is 5.47. The zero-order valence-corrected chi connectivity index (χ0v) is 13.3. The van der Waals surface area contributed by atoms with E-state index in [1.54, 1.807) is 25.3 Å². The lowest BCUT2D eigenvalue weighted by Gasteiger charge is -2.30. The summed E-state index contributed by atoms with van der Waals surface area (Å²) in [5.41, 5.74) is 1.17. The summed E-state index contributed by atoms with van der Waals surface area (Å²) in [6.07, 6.45) is 5.33. The van der Waals surface area contributed by atoms with Crippen LogP contribution in [0.5, 0.6) is 0 Å². The van der Waals surface area contributed by atoms with Crippen molar-refractivity contribution in [3.05, 3.63) is 11.4 Å². The van der Waals surface area contributed by atoms with Crippen molar-refractivity contribution in [3.8, 4) is 0 Å². The highest BCUT2D eigenvalue weighted by Crippen LogP contribution is 2.28. The summed E-state index contributed by atoms with van der Waals surface area (Å²) in [4.78, 5) is 0.333. The van der Waals surface area contributed by atoms with Crippen molar-refractivity contribution < 1.29 is 8.42 Å². The molecule has 0 radical (unpaired) electrons. The Kier molecular flexibility index (Phi) is 4.82. The number of H-pyrrole nitrogens is 1. The molecule has 6 nitrogen and oxygen atoms in total. The van der Waals surface area contributed by atoms with Gasteiger partial charge in [0.05, 0.1) is 11.4 Å². The second kappa shape index (κ2) is 6.24. The van der Waals surface area contributed by atoms with Crippen LogP contribution in [-0.4, -0.2) is 43.1 Å². The topological polar surface area (TPSA) is 78.1 Å². The molecule has 1 fully saturated rings. The van der Waals surface area contributed by atoms with Gasteiger partial charge in [0, 0.05) is 19.6 Å². The van der Waals surface area contributed by atoms with Gasteiger partial charge in [0.1, 0.15) is 4.90 Å². The van der Waals surface area contributed by atoms with Crippen LogP contribution in [0.25, 0.3) is 0 Å². The van der Waals surface area contributed by atoms with E-state index in [9.17, 15) is 8.42 Å². The van der Waals surface area contributed by atoms with E-state index in [4.69, 9.17) is 0 Å². The van der Waals surface area contributed by atoms with Gasteiger partial charge in [-0.1, -0.05) is 19.3 Å². The van der Waals surface area contributed by atoms with Gasteiger partial charge in [-0.3, -0.25) is 5.10 Å². The highest BCUT2D eigenvalue weighted by Gasteiger charge is 2.33. The molecule has 1 aliphatic carbocycles. The van der Waals surface area contributed by atoms with Crippen molar-refractivity contribution in [1.82, 2.24) is 19.8 Å². The minimum absolute atomic E-state index is 0.116. The largest absolute Gasteiger partial charge is 0.314 e. The molecule has 0 aliphatic heterocycles. The summed E-state index contributed by atoms with van der Waals surface area (Å²) in [6.45, 7) is 2.20. The first kappa shape index (κ1) is 15.5. The van der Waals surface area contributed by atoms with E-state index in [1.807, 2.05) is 0 Å². The van der Waals surface area contributed by atoms with Gasteiger partial charge >= 0.3 is 0 Å². The third-order valence-electron chi connectivity index (χ3n) is 4.03. The van der Waals surface area contributed by atoms with Crippen molar-refractivity contribution in [2.24, 2.45) is 0 Å². The normalized spacial score (nSPS) is 17.8. The molecule has 114 valence electrons. The van der Waals surface area contributed by atoms with Crippen LogP contribution in [0, 0.1) is 6.92 Å². The number of aromatic amines is 1. The molecular weight excluding hydrogens is 276 g/mol. The molecule has 0 bridgehead atoms. The first-order valence-electron chi connectivity index (χ1n) is 7.15. The zero-order chi connectivity index (χ0) is 14.8. The molecule has 0 amide bonds. The summed E-state index contributed by atoms with van der Waals surface area (Å²) >= 11 is 0. The Hall–Kier alpha value is -0.920. The SMILES string of the molecule is CNCc1n[nH]c(C)c1S(=O)(=O)N(C)C1CCCCC1. The van der Waals surface area contributed by atoms with Gasteiger partial charge in [0.15, 0.2) is 0 Å². The molecule has 1 heterocycles. The van der Waals surface area contributed by atoms with Crippen LogP contribution in [0.1, 0.15) is 43.5 Å². The number of hydrogen-bond acceptors (Lipinski definition) is 4. The van der Waals surface area contributed by atoms with Crippen molar-refractivity contribution in [3.63, 3.8) is 0 Å². The molecule has 7 heteroatoms. The quantitative estimate of drug-likeness (QED) is 0.861. The standard InChI is InChI=1S/C13H24N4O2S/c1-10-13(12(9-14-2)16-15-10)20(18,19)17(3)11-7-5-4-6-8-11/h11,14H,4-9H2,1-3H3,(H,15,16). The van der Waals surface area contributed by atoms with E-state index < -0.39 is 10.0 Å². The van der Waals surface area contributed by atoms with Gasteiger partial charge in [-0.2, -0.15) is 9.40 Å². The number of sulfonamides is 1. The Morgan fingerprint density at radius 2 is 2.00 bits per heavy atom. The molecule has 1 saturated carbocycles. The first-order chi connectivity index (χ1) is 9.48. The van der Waals surface area contributed by atoms with Gasteiger partial charge in [0.25, 0.3) is 0 Å². The average molecular weight is 300 g/mol. The Bertz CT molecular complexity index is 547. The summed E-state index contributed by atoms with van der Waals surface area (Å²) in [5.74, 6) is 0. The van der Waals surface area contributed by atoms with Gasteiger partial charge in [0.2, 0.25) is 10.0 Å². The lowest BCUT2D eigenvalue weighted by atomic mass is 9.96. The fraction of sp³-hybridized carbons (Fsp3) is 0.769. The van der Waals surface area contributed by atoms with E-state index in [-0.39, 0.29) is 6.04 Å². The van der Waals surface area contributed by atoms with Crippen molar-refractivity contribution >= 4 is 10.0 Å². The molecule has 1 aliphatic rings. The lowest BCUT2D eigenvalue weighted by molar-refractivity contribution is 0.285. The monoisotopic (exact) mass is 300 g/mol. The van der Waals surface area contributed by atoms with Crippen molar-refractivity contribution in [1.29, 1.82) is 0 Å². The maximum atomic E-state index is 12.8. The molecule has 0 aromatic carbocycles. The highest BCUT2D eigenvalue weighted by atomic mass is 32.2. The molecule has 0 atom stereocenters. The minimum Gasteiger partial charge on any atom is -0.314 e. The van der Waals surface area contributed by atoms with Crippen LogP contribution < -0.4 is 5.32 Å². The van der Waals surface area contributed by atoms with Crippen LogP contribution >= 0.6 is 0 Å². The summed E-state index contributed by atoms with van der Waals surface area (Å²) in [5, 5.41) is 9.86. The fourth-order valence-electron chi connectivity index (χ4n) is 2.88. The summed E-state index contributed by atoms with van der Waals surface area (Å²) in [7, 11) is -0.000863. The van der Waals surface area contributed by atoms with E-state index in [2.05, 4.69) is 15.5 Å². The second-order valence-corrected chi connectivity index (χ2v) is 7.40. The maximum Gasteiger partial charge on any atom is 0.246 e. The van der Waals surface area contributed by atoms with Gasteiger partial charge in [-0.15, -0.1) is 0 Å². The third-order valence-corrected chi connectivity index (χ3v) is 6.15. The number of rotatable bonds is 5. The van der Waals surface area contributed by atoms with E-state index in [0.717, 1.165) is 25.7 Å². The third kappa shape index (κ3) is 2.89. The molecule has 0 spiro atoms. The molecule has 20 heavy (non-hydrogen) atoms. The molecular formula is C13H24N4O2S. The molecule has 2 rings (SSSR count). The Balaban J connectivity index is 2.31. The number of aromatic nitrogens is 2. The van der Waals surface area contributed by atoms with Gasteiger partial charge in [-0.05, 0) is 26.8 Å². The van der Waals surface area contributed by atoms with Gasteiger partial charge < -0.3 is 5.32 Å². The Labute approximate surface area is 121 Å². The van der Waals surface area contributed by atoms with Crippen LogP contribution in [0.4, 0.5) is 0 Å². The smallest absolute Gasteiger partial charge is 0.246 e. The van der Waals surface area contributed by atoms with E-state index in [0.29, 0.717) is 22.8 Å². The van der Waals surface area contributed by atoms with Crippen LogP contribution in [-0.2, 0) is 16.6 Å². The minimum atomic E-state index is -3.48. The van der Waals surface area contributed by atoms with Gasteiger partial charge in [-0.25, -0.2) is 8.42 Å². The van der Waals surface area contributed by atoms with Crippen LogP contribution in [0.2, 0.25) is 0 Å². The maximum absolute atomic E-state index is 12.8. The highest BCUT2D eigenvalue weighted by molar-refractivity contribution is 7.89. The van der Waals surface area contributed by atoms with Crippen LogP contribution in [0.3, 0.4) is 0 Å². The molecule has 0 saturated heterocycles. The number of hydrogen-bond donors (Lipinski definition) is 2. The first-order valence-corrected chi connectivity index (χ1v) is 8.59. The van der Waals surface area contributed by atoms with Crippen molar-refractivity contribution in [2.45, 2.75) is 56.5 Å². The van der Waals surface area contributed by atoms with Crippen LogP contribution in [0.15, 0.2) is 4.90 Å². The van der Waals surface area contributed by atoms with Crippen molar-refractivity contribution in [2.75, 3.05) is 14.1 Å². The lowest BCUT2D eigenvalue weighted by Crippen LogP contribution is -2.38. The molecule has 1 aromatic heterocycles. The Morgan fingerprint density at radius 3 is 2.60 bits per heavy atom. The van der Waals surface area contributed by atoms with E-state index >= 15 is 0 Å². The molecule has 0 unspecified atom stereocenters. The summed E-state index contributed by atoms with van der Waals surface area (Å²) < 4.78 is 27.2. The predicted molar refractivity (Wildman–Crippen MR) is 77.9 cm³/mol. The van der Waals surface area contributed by atoms with E-state index in [1.165, 1.54) is 6.42 Å². The molecule has 2 N–H and O–H groups in total.